The molecule has 0 atom stereocenters. The van der Waals surface area contributed by atoms with Crippen LogP contribution in [0.3, 0.4) is 0 Å². The average molecular weight is 218 g/mol. The van der Waals surface area contributed by atoms with E-state index in [0.29, 0.717) is 11.3 Å². The predicted octanol–water partition coefficient (Wildman–Crippen LogP) is 2.42. The Morgan fingerprint density at radius 1 is 1.38 bits per heavy atom. The van der Waals surface area contributed by atoms with E-state index >= 15 is 0 Å². The maximum atomic E-state index is 12.9. The molecule has 1 aromatic heterocycles. The summed E-state index contributed by atoms with van der Waals surface area (Å²) >= 11 is 0. The lowest BCUT2D eigenvalue weighted by Crippen LogP contribution is -2.11. The highest BCUT2D eigenvalue weighted by atomic mass is 19.1. The Morgan fingerprint density at radius 3 is 2.81 bits per heavy atom. The number of nitrogens with one attached hydrogen (secondary N) is 1. The van der Waals surface area contributed by atoms with Gasteiger partial charge in [0.15, 0.2) is 0 Å². The summed E-state index contributed by atoms with van der Waals surface area (Å²) in [5, 5.41) is 2.62. The van der Waals surface area contributed by atoms with Gasteiger partial charge < -0.3 is 9.88 Å². The SMILES string of the molecule is Cn1ccc(C(=O)Nc2cccc(F)c2)c1. The normalized spacial score (nSPS) is 10.1. The molecule has 0 saturated heterocycles. The first kappa shape index (κ1) is 10.4. The number of aryl methyl sites for hydroxylation is 1. The summed E-state index contributed by atoms with van der Waals surface area (Å²) in [5.74, 6) is -0.614. The Hall–Kier alpha value is -2.10. The van der Waals surface area contributed by atoms with E-state index in [2.05, 4.69) is 5.32 Å². The lowest BCUT2D eigenvalue weighted by molar-refractivity contribution is 0.102. The molecule has 0 saturated carbocycles. The van der Waals surface area contributed by atoms with Crippen molar-refractivity contribution in [1.29, 1.82) is 0 Å². The smallest absolute Gasteiger partial charge is 0.257 e. The van der Waals surface area contributed by atoms with Crippen molar-refractivity contribution in [3.05, 3.63) is 54.1 Å². The van der Waals surface area contributed by atoms with Gasteiger partial charge in [-0.25, -0.2) is 4.39 Å². The molecule has 4 heteroatoms. The Kier molecular flexibility index (Phi) is 2.72. The zero-order valence-electron chi connectivity index (χ0n) is 8.77. The van der Waals surface area contributed by atoms with E-state index in [1.165, 1.54) is 12.1 Å². The van der Waals surface area contributed by atoms with Crippen LogP contribution in [-0.2, 0) is 7.05 Å². The summed E-state index contributed by atoms with van der Waals surface area (Å²) in [6.07, 6.45) is 3.48. The Labute approximate surface area is 92.5 Å². The highest BCUT2D eigenvalue weighted by Gasteiger charge is 2.06. The van der Waals surface area contributed by atoms with Crippen LogP contribution in [0.2, 0.25) is 0 Å². The van der Waals surface area contributed by atoms with Crippen LogP contribution in [-0.4, -0.2) is 10.5 Å². The Morgan fingerprint density at radius 2 is 2.19 bits per heavy atom. The van der Waals surface area contributed by atoms with E-state index in [4.69, 9.17) is 0 Å². The van der Waals surface area contributed by atoms with Crippen molar-refractivity contribution in [2.24, 2.45) is 7.05 Å². The van der Waals surface area contributed by atoms with Crippen molar-refractivity contribution in [2.75, 3.05) is 5.32 Å². The maximum Gasteiger partial charge on any atom is 0.257 e. The molecule has 3 nitrogen and oxygen atoms in total. The van der Waals surface area contributed by atoms with Crippen LogP contribution in [0.1, 0.15) is 10.4 Å². The van der Waals surface area contributed by atoms with Gasteiger partial charge in [-0.2, -0.15) is 0 Å². The first-order chi connectivity index (χ1) is 7.65. The fraction of sp³-hybridized carbons (Fsp3) is 0.0833. The van der Waals surface area contributed by atoms with Crippen LogP contribution < -0.4 is 5.32 Å². The summed E-state index contributed by atoms with van der Waals surface area (Å²) in [5.41, 5.74) is 1.00. The predicted molar refractivity (Wildman–Crippen MR) is 59.8 cm³/mol. The van der Waals surface area contributed by atoms with Gasteiger partial charge >= 0.3 is 0 Å². The molecule has 1 heterocycles. The van der Waals surface area contributed by atoms with Crippen molar-refractivity contribution in [2.45, 2.75) is 0 Å². The molecular weight excluding hydrogens is 207 g/mol. The van der Waals surface area contributed by atoms with Gasteiger partial charge in [0, 0.05) is 25.1 Å². The summed E-state index contributed by atoms with van der Waals surface area (Å²) in [4.78, 5) is 11.7. The average Bonchev–Trinajstić information content (AvgIpc) is 2.65. The maximum absolute atomic E-state index is 12.9. The van der Waals surface area contributed by atoms with E-state index in [0.717, 1.165) is 0 Å². The molecular formula is C12H11FN2O. The number of carbonyl (C=O) groups is 1. The second kappa shape index (κ2) is 4.18. The van der Waals surface area contributed by atoms with Gasteiger partial charge in [0.2, 0.25) is 0 Å². The van der Waals surface area contributed by atoms with Crippen LogP contribution in [0, 0.1) is 5.82 Å². The monoisotopic (exact) mass is 218 g/mol. The lowest BCUT2D eigenvalue weighted by Gasteiger charge is -2.03. The zero-order chi connectivity index (χ0) is 11.5. The Bertz CT molecular complexity index is 519. The summed E-state index contributed by atoms with van der Waals surface area (Å²) < 4.78 is 14.6. The molecule has 0 fully saturated rings. The van der Waals surface area contributed by atoms with Gasteiger partial charge in [-0.05, 0) is 24.3 Å². The van der Waals surface area contributed by atoms with Gasteiger partial charge in [0.05, 0.1) is 5.56 Å². The fourth-order valence-electron chi connectivity index (χ4n) is 1.41. The van der Waals surface area contributed by atoms with Crippen LogP contribution in [0.4, 0.5) is 10.1 Å². The summed E-state index contributed by atoms with van der Waals surface area (Å²) in [7, 11) is 1.83. The third-order valence-corrected chi connectivity index (χ3v) is 2.18. The van der Waals surface area contributed by atoms with Crippen molar-refractivity contribution >= 4 is 11.6 Å². The third kappa shape index (κ3) is 2.28. The second-order valence-corrected chi connectivity index (χ2v) is 3.53. The topological polar surface area (TPSA) is 34.0 Å². The van der Waals surface area contributed by atoms with Gasteiger partial charge in [-0.3, -0.25) is 4.79 Å². The number of carbonyl (C=O) groups excluding carboxylic acids is 1. The van der Waals surface area contributed by atoms with Crippen molar-refractivity contribution in [1.82, 2.24) is 4.57 Å². The minimum absolute atomic E-state index is 0.244. The van der Waals surface area contributed by atoms with Gasteiger partial charge in [-0.1, -0.05) is 6.07 Å². The first-order valence-electron chi connectivity index (χ1n) is 4.84. The number of benzene rings is 1. The van der Waals surface area contributed by atoms with E-state index in [9.17, 15) is 9.18 Å². The van der Waals surface area contributed by atoms with Crippen molar-refractivity contribution in [3.63, 3.8) is 0 Å². The number of aromatic nitrogens is 1. The number of anilines is 1. The fourth-order valence-corrected chi connectivity index (χ4v) is 1.41. The molecule has 1 aromatic carbocycles. The minimum atomic E-state index is -0.370. The molecule has 0 spiro atoms. The standard InChI is InChI=1S/C12H11FN2O/c1-15-6-5-9(8-15)12(16)14-11-4-2-3-10(13)7-11/h2-8H,1H3,(H,14,16). The molecule has 0 aliphatic heterocycles. The molecule has 0 bridgehead atoms. The molecule has 1 amide bonds. The zero-order valence-corrected chi connectivity index (χ0v) is 8.77. The molecule has 0 aliphatic carbocycles. The van der Waals surface area contributed by atoms with Gasteiger partial charge in [0.25, 0.3) is 5.91 Å². The number of rotatable bonds is 2. The van der Waals surface area contributed by atoms with Crippen LogP contribution in [0.5, 0.6) is 0 Å². The molecule has 82 valence electrons. The van der Waals surface area contributed by atoms with Crippen LogP contribution >= 0.6 is 0 Å². The quantitative estimate of drug-likeness (QED) is 0.825. The molecule has 2 rings (SSSR count). The summed E-state index contributed by atoms with van der Waals surface area (Å²) in [6, 6.07) is 7.51. The lowest BCUT2D eigenvalue weighted by atomic mass is 10.2. The molecule has 16 heavy (non-hydrogen) atoms. The highest BCUT2D eigenvalue weighted by Crippen LogP contribution is 2.11. The van der Waals surface area contributed by atoms with Crippen molar-refractivity contribution < 1.29 is 9.18 Å². The molecule has 0 unspecified atom stereocenters. The number of nitrogens with zero attached hydrogens (tertiary/aromatic N) is 1. The van der Waals surface area contributed by atoms with E-state index < -0.39 is 0 Å². The van der Waals surface area contributed by atoms with Crippen LogP contribution in [0.15, 0.2) is 42.7 Å². The molecule has 0 radical (unpaired) electrons. The third-order valence-electron chi connectivity index (χ3n) is 2.18. The first-order valence-corrected chi connectivity index (χ1v) is 4.84. The molecule has 2 aromatic rings. The number of hydrogen-bond acceptors (Lipinski definition) is 1. The van der Waals surface area contributed by atoms with E-state index in [1.54, 1.807) is 35.2 Å². The summed E-state index contributed by atoms with van der Waals surface area (Å²) in [6.45, 7) is 0. The Balaban J connectivity index is 2.13. The number of hydrogen-bond donors (Lipinski definition) is 1. The largest absolute Gasteiger partial charge is 0.356 e. The van der Waals surface area contributed by atoms with Crippen LogP contribution in [0.25, 0.3) is 0 Å². The molecule has 0 aliphatic rings. The van der Waals surface area contributed by atoms with E-state index in [-0.39, 0.29) is 11.7 Å². The number of halogens is 1. The van der Waals surface area contributed by atoms with E-state index in [1.807, 2.05) is 7.05 Å². The number of amides is 1. The second-order valence-electron chi connectivity index (χ2n) is 3.53. The highest BCUT2D eigenvalue weighted by molar-refractivity contribution is 6.04. The van der Waals surface area contributed by atoms with Crippen molar-refractivity contribution in [3.8, 4) is 0 Å². The molecule has 1 N–H and O–H groups in total. The van der Waals surface area contributed by atoms with Gasteiger partial charge in [-0.15, -0.1) is 0 Å². The van der Waals surface area contributed by atoms with Gasteiger partial charge in [0.1, 0.15) is 5.82 Å². The minimum Gasteiger partial charge on any atom is -0.356 e.